The van der Waals surface area contributed by atoms with Gasteiger partial charge >= 0.3 is 11.4 Å². The number of aryl methyl sites for hydroxylation is 1. The normalized spacial score (nSPS) is 10.0. The Labute approximate surface area is 108 Å². The van der Waals surface area contributed by atoms with Crippen LogP contribution in [0.15, 0.2) is 27.8 Å². The summed E-state index contributed by atoms with van der Waals surface area (Å²) in [5.41, 5.74) is 0.991. The lowest BCUT2D eigenvalue weighted by Crippen LogP contribution is -2.24. The second kappa shape index (κ2) is 5.42. The van der Waals surface area contributed by atoms with E-state index in [2.05, 4.69) is 22.0 Å². The number of aliphatic hydroxyl groups is 1. The number of nitrogens with zero attached hydrogens (tertiary/aromatic N) is 1. The fourth-order valence-corrected chi connectivity index (χ4v) is 1.73. The van der Waals surface area contributed by atoms with Gasteiger partial charge in [-0.2, -0.15) is 0 Å². The monoisotopic (exact) mass is 259 g/mol. The summed E-state index contributed by atoms with van der Waals surface area (Å²) in [5, 5.41) is 13.1. The van der Waals surface area contributed by atoms with E-state index in [0.717, 1.165) is 10.1 Å². The van der Waals surface area contributed by atoms with Gasteiger partial charge in [-0.25, -0.2) is 24.4 Å². The second-order valence-corrected chi connectivity index (χ2v) is 4.03. The van der Waals surface area contributed by atoms with Crippen LogP contribution in [0.1, 0.15) is 17.5 Å². The number of benzene rings is 1. The molecule has 6 nitrogen and oxygen atoms in total. The molecule has 6 heteroatoms. The molecule has 0 aliphatic heterocycles. The Kier molecular flexibility index (Phi) is 3.68. The lowest BCUT2D eigenvalue weighted by Gasteiger charge is -2.02. The first kappa shape index (κ1) is 12.9. The predicted molar refractivity (Wildman–Crippen MR) is 70.3 cm³/mol. The van der Waals surface area contributed by atoms with E-state index in [4.69, 9.17) is 5.11 Å². The highest BCUT2D eigenvalue weighted by molar-refractivity contribution is 5.46. The second-order valence-electron chi connectivity index (χ2n) is 4.03. The topological polar surface area (TPSA) is 90.9 Å². The molecule has 2 rings (SSSR count). The molecular formula is C13H13N3O3. The molecule has 0 atom stereocenters. The van der Waals surface area contributed by atoms with Gasteiger partial charge in [0.1, 0.15) is 0 Å². The van der Waals surface area contributed by atoms with Gasteiger partial charge in [-0.1, -0.05) is 11.8 Å². The van der Waals surface area contributed by atoms with Gasteiger partial charge in [0, 0.05) is 12.0 Å². The van der Waals surface area contributed by atoms with Crippen molar-refractivity contribution >= 4 is 0 Å². The molecule has 0 spiro atoms. The molecule has 0 aliphatic rings. The van der Waals surface area contributed by atoms with Crippen molar-refractivity contribution in [2.45, 2.75) is 13.3 Å². The van der Waals surface area contributed by atoms with Crippen LogP contribution in [0.5, 0.6) is 0 Å². The molecule has 1 aromatic carbocycles. The maximum atomic E-state index is 11.5. The van der Waals surface area contributed by atoms with Crippen molar-refractivity contribution in [3.8, 4) is 17.5 Å². The summed E-state index contributed by atoms with van der Waals surface area (Å²) in [6.07, 6.45) is 0.383. The van der Waals surface area contributed by atoms with Crippen molar-refractivity contribution in [3.63, 3.8) is 0 Å². The molecule has 2 aromatic rings. The Morgan fingerprint density at radius 3 is 2.53 bits per heavy atom. The molecule has 1 heterocycles. The van der Waals surface area contributed by atoms with Gasteiger partial charge in [0.2, 0.25) is 0 Å². The molecule has 1 aromatic heterocycles. The van der Waals surface area contributed by atoms with E-state index in [1.54, 1.807) is 12.1 Å². The fourth-order valence-electron chi connectivity index (χ4n) is 1.73. The highest BCUT2D eigenvalue weighted by atomic mass is 16.2. The van der Waals surface area contributed by atoms with Crippen molar-refractivity contribution in [1.82, 2.24) is 14.8 Å². The number of nitrogens with one attached hydrogen (secondary N) is 2. The van der Waals surface area contributed by atoms with Crippen molar-refractivity contribution in [1.29, 1.82) is 0 Å². The van der Waals surface area contributed by atoms with E-state index in [-0.39, 0.29) is 6.61 Å². The van der Waals surface area contributed by atoms with Crippen LogP contribution in [0.3, 0.4) is 0 Å². The smallest absolute Gasteiger partial charge is 0.348 e. The Morgan fingerprint density at radius 2 is 1.89 bits per heavy atom. The predicted octanol–water partition coefficient (Wildman–Crippen LogP) is -0.104. The van der Waals surface area contributed by atoms with Gasteiger partial charge in [-0.05, 0) is 30.7 Å². The number of H-pyrrole nitrogens is 2. The molecule has 0 aliphatic carbocycles. The maximum absolute atomic E-state index is 11.5. The molecule has 0 saturated carbocycles. The molecule has 0 radical (unpaired) electrons. The molecule has 0 amide bonds. The van der Waals surface area contributed by atoms with Crippen LogP contribution in [0.2, 0.25) is 0 Å². The van der Waals surface area contributed by atoms with Crippen LogP contribution in [0.4, 0.5) is 0 Å². The SMILES string of the molecule is Cc1cc(C#CCCO)cc(-n2c(=O)[nH][nH]c2=O)c1. The standard InChI is InChI=1S/C13H13N3O3/c1-9-6-10(4-2-3-5-17)8-11(7-9)16-12(18)14-15-13(16)19/h6-8,17H,3,5H2,1H3,(H,14,18)(H,15,19). The van der Waals surface area contributed by atoms with Crippen LogP contribution in [0, 0.1) is 18.8 Å². The molecule has 0 saturated heterocycles. The quantitative estimate of drug-likeness (QED) is 0.657. The number of aliphatic hydroxyl groups excluding tert-OH is 1. The van der Waals surface area contributed by atoms with E-state index < -0.39 is 11.4 Å². The Balaban J connectivity index is 2.52. The Morgan fingerprint density at radius 1 is 1.21 bits per heavy atom. The summed E-state index contributed by atoms with van der Waals surface area (Å²) in [7, 11) is 0. The summed E-state index contributed by atoms with van der Waals surface area (Å²) >= 11 is 0. The summed E-state index contributed by atoms with van der Waals surface area (Å²) in [6, 6.07) is 5.23. The van der Waals surface area contributed by atoms with Crippen LogP contribution in [-0.4, -0.2) is 26.5 Å². The highest BCUT2D eigenvalue weighted by Crippen LogP contribution is 2.10. The zero-order chi connectivity index (χ0) is 13.8. The summed E-state index contributed by atoms with van der Waals surface area (Å²) in [6.45, 7) is 1.86. The Bertz CT molecular complexity index is 728. The van der Waals surface area contributed by atoms with E-state index in [9.17, 15) is 9.59 Å². The van der Waals surface area contributed by atoms with Crippen LogP contribution < -0.4 is 11.4 Å². The first-order valence-corrected chi connectivity index (χ1v) is 5.73. The van der Waals surface area contributed by atoms with Gasteiger partial charge in [-0.3, -0.25) is 0 Å². The van der Waals surface area contributed by atoms with Crippen molar-refractivity contribution < 1.29 is 5.11 Å². The van der Waals surface area contributed by atoms with E-state index >= 15 is 0 Å². The largest absolute Gasteiger partial charge is 0.395 e. The van der Waals surface area contributed by atoms with Gasteiger partial charge < -0.3 is 5.11 Å². The zero-order valence-corrected chi connectivity index (χ0v) is 10.4. The summed E-state index contributed by atoms with van der Waals surface area (Å²) in [4.78, 5) is 23.1. The highest BCUT2D eigenvalue weighted by Gasteiger charge is 2.06. The number of hydrogen-bond donors (Lipinski definition) is 3. The minimum absolute atomic E-state index is 0.00259. The number of aromatic nitrogens is 3. The molecule has 3 N–H and O–H groups in total. The lowest BCUT2D eigenvalue weighted by atomic mass is 10.1. The first-order valence-electron chi connectivity index (χ1n) is 5.73. The zero-order valence-electron chi connectivity index (χ0n) is 10.4. The van der Waals surface area contributed by atoms with Gasteiger partial charge in [0.05, 0.1) is 12.3 Å². The first-order chi connectivity index (χ1) is 9.11. The minimum Gasteiger partial charge on any atom is -0.395 e. The average Bonchev–Trinajstić information content (AvgIpc) is 2.69. The van der Waals surface area contributed by atoms with Crippen LogP contribution in [-0.2, 0) is 0 Å². The lowest BCUT2D eigenvalue weighted by molar-refractivity contribution is 0.305. The summed E-state index contributed by atoms with van der Waals surface area (Å²) in [5.74, 6) is 5.68. The van der Waals surface area contributed by atoms with Crippen molar-refractivity contribution in [3.05, 3.63) is 50.3 Å². The molecular weight excluding hydrogens is 246 g/mol. The van der Waals surface area contributed by atoms with E-state index in [1.165, 1.54) is 0 Å². The third-order valence-corrected chi connectivity index (χ3v) is 2.47. The third kappa shape index (κ3) is 2.84. The maximum Gasteiger partial charge on any atom is 0.348 e. The van der Waals surface area contributed by atoms with Crippen molar-refractivity contribution in [2.75, 3.05) is 6.61 Å². The molecule has 19 heavy (non-hydrogen) atoms. The fraction of sp³-hybridized carbons (Fsp3) is 0.231. The van der Waals surface area contributed by atoms with Crippen LogP contribution in [0.25, 0.3) is 5.69 Å². The van der Waals surface area contributed by atoms with Gasteiger partial charge in [-0.15, -0.1) is 0 Å². The third-order valence-electron chi connectivity index (χ3n) is 2.47. The molecule has 0 fully saturated rings. The van der Waals surface area contributed by atoms with Gasteiger partial charge in [0.15, 0.2) is 0 Å². The summed E-state index contributed by atoms with van der Waals surface area (Å²) < 4.78 is 1.00. The van der Waals surface area contributed by atoms with Crippen LogP contribution >= 0.6 is 0 Å². The van der Waals surface area contributed by atoms with Gasteiger partial charge in [0.25, 0.3) is 0 Å². The molecule has 98 valence electrons. The van der Waals surface area contributed by atoms with Crippen molar-refractivity contribution in [2.24, 2.45) is 0 Å². The minimum atomic E-state index is -0.523. The number of hydrogen-bond acceptors (Lipinski definition) is 3. The number of aromatic amines is 2. The van der Waals surface area contributed by atoms with E-state index in [0.29, 0.717) is 17.7 Å². The molecule has 0 bridgehead atoms. The van der Waals surface area contributed by atoms with E-state index in [1.807, 2.05) is 13.0 Å². The average molecular weight is 259 g/mol. The molecule has 0 unspecified atom stereocenters. The Hall–Kier alpha value is -2.52. The number of rotatable bonds is 2.